The molecular formula is C9H18F6N2O5S2. The quantitative estimate of drug-likeness (QED) is 0.544. The number of methoxy groups -OCH3 is 1. The van der Waals surface area contributed by atoms with E-state index in [-0.39, 0.29) is 11.6 Å². The number of rotatable bonds is 5. The monoisotopic (exact) mass is 412 g/mol. The minimum atomic E-state index is -6.72. The maximum absolute atomic E-state index is 11.4. The predicted molar refractivity (Wildman–Crippen MR) is 71.1 cm³/mol. The van der Waals surface area contributed by atoms with Gasteiger partial charge < -0.3 is 14.6 Å². The Hall–Kier alpha value is -0.640. The fourth-order valence-electron chi connectivity index (χ4n) is 0.760. The summed E-state index contributed by atoms with van der Waals surface area (Å²) in [5.41, 5.74) is -8.31. The molecule has 0 aromatic heterocycles. The smallest absolute Gasteiger partial charge is 0.421 e. The van der Waals surface area contributed by atoms with Crippen LogP contribution in [0.25, 0.3) is 4.13 Å². The number of alkyl halides is 6. The van der Waals surface area contributed by atoms with Crippen molar-refractivity contribution in [1.82, 2.24) is 0 Å². The molecule has 148 valence electrons. The third-order valence-corrected chi connectivity index (χ3v) is 5.59. The first-order chi connectivity index (χ1) is 10.2. The molecule has 0 amide bonds. The molecule has 24 heavy (non-hydrogen) atoms. The lowest BCUT2D eigenvalue weighted by Gasteiger charge is -2.25. The van der Waals surface area contributed by atoms with E-state index in [2.05, 4.69) is 26.5 Å². The van der Waals surface area contributed by atoms with Crippen LogP contribution in [0.5, 0.6) is 0 Å². The molecule has 0 bridgehead atoms. The van der Waals surface area contributed by atoms with Gasteiger partial charge in [-0.05, 0) is 6.42 Å². The fraction of sp³-hybridized carbons (Fsp3) is 1.00. The van der Waals surface area contributed by atoms with Crippen LogP contribution in [0, 0.1) is 5.41 Å². The third-order valence-electron chi connectivity index (χ3n) is 2.85. The summed E-state index contributed by atoms with van der Waals surface area (Å²) in [6.07, 6.45) is 1.22. The van der Waals surface area contributed by atoms with Crippen LogP contribution in [0.15, 0.2) is 0 Å². The summed E-state index contributed by atoms with van der Waals surface area (Å²) in [7, 11) is -11.7. The highest BCUT2D eigenvalue weighted by molar-refractivity contribution is 8.13. The predicted octanol–water partition coefficient (Wildman–Crippen LogP) is 1.70. The van der Waals surface area contributed by atoms with Gasteiger partial charge in [-0.3, -0.25) is 0 Å². The lowest BCUT2D eigenvalue weighted by atomic mass is 9.88. The summed E-state index contributed by atoms with van der Waals surface area (Å²) in [6, 6.07) is 0. The van der Waals surface area contributed by atoms with Crippen molar-refractivity contribution in [2.75, 3.05) is 7.11 Å². The van der Waals surface area contributed by atoms with Crippen molar-refractivity contribution in [2.45, 2.75) is 44.4 Å². The first-order valence-electron chi connectivity index (χ1n) is 5.98. The lowest BCUT2D eigenvalue weighted by molar-refractivity contribution is -0.513. The Kier molecular flexibility index (Phi) is 8.70. The summed E-state index contributed by atoms with van der Waals surface area (Å²) < 4.78 is 114. The number of nitrogens with zero attached hydrogens (tertiary/aromatic N) is 1. The van der Waals surface area contributed by atoms with Gasteiger partial charge in [0, 0.05) is 12.5 Å². The largest absolute Gasteiger partial charge is 0.480 e. The topological polar surface area (TPSA) is 119 Å². The van der Waals surface area contributed by atoms with Gasteiger partial charge in [-0.2, -0.15) is 26.3 Å². The Bertz CT molecular complexity index is 555. The van der Waals surface area contributed by atoms with Gasteiger partial charge in [0.05, 0.1) is 0 Å². The summed E-state index contributed by atoms with van der Waals surface area (Å²) in [5.74, 6) is 0. The number of quaternary nitrogens is 1. The van der Waals surface area contributed by atoms with Crippen molar-refractivity contribution in [3.8, 4) is 0 Å². The van der Waals surface area contributed by atoms with E-state index < -0.39 is 31.1 Å². The molecule has 1 atom stereocenters. The Balaban J connectivity index is 0. The second kappa shape index (κ2) is 8.16. The number of sulfonamides is 2. The second-order valence-electron chi connectivity index (χ2n) is 4.98. The van der Waals surface area contributed by atoms with Gasteiger partial charge in [0.1, 0.15) is 0 Å². The molecule has 0 aromatic rings. The van der Waals surface area contributed by atoms with Crippen LogP contribution in [0.3, 0.4) is 0 Å². The van der Waals surface area contributed by atoms with E-state index in [1.807, 2.05) is 0 Å². The van der Waals surface area contributed by atoms with Crippen LogP contribution in [-0.2, 0) is 24.8 Å². The van der Waals surface area contributed by atoms with Crippen molar-refractivity contribution in [1.29, 1.82) is 0 Å². The average Bonchev–Trinajstić information content (AvgIpc) is 2.34. The molecule has 0 heterocycles. The number of ether oxygens (including phenoxy) is 1. The van der Waals surface area contributed by atoms with Crippen LogP contribution in [-0.4, -0.2) is 41.2 Å². The molecular weight excluding hydrogens is 394 g/mol. The molecule has 0 aliphatic heterocycles. The highest BCUT2D eigenvalue weighted by atomic mass is 32.3. The standard InChI is InChI=1S/C7H17NO.C2F6NO4S2/c1-5-7(2,3)6(8)9-4;3-1(4,5)14(10,11)9-15(12,13)2(6,7)8/h6H,5,8H2,1-4H3;/q;-1/p+1. The molecule has 0 rings (SSSR count). The van der Waals surface area contributed by atoms with Crippen LogP contribution in [0.1, 0.15) is 27.2 Å². The van der Waals surface area contributed by atoms with Crippen molar-refractivity contribution in [3.63, 3.8) is 0 Å². The highest BCUT2D eigenvalue weighted by Crippen LogP contribution is 2.36. The van der Waals surface area contributed by atoms with Crippen LogP contribution >= 0.6 is 0 Å². The van der Waals surface area contributed by atoms with E-state index in [1.165, 1.54) is 0 Å². The molecule has 7 nitrogen and oxygen atoms in total. The Morgan fingerprint density at radius 3 is 1.38 bits per heavy atom. The molecule has 0 saturated carbocycles. The van der Waals surface area contributed by atoms with E-state index in [4.69, 9.17) is 4.74 Å². The van der Waals surface area contributed by atoms with E-state index in [0.29, 0.717) is 0 Å². The van der Waals surface area contributed by atoms with E-state index >= 15 is 0 Å². The Morgan fingerprint density at radius 2 is 1.25 bits per heavy atom. The molecule has 0 fully saturated rings. The first-order valence-corrected chi connectivity index (χ1v) is 8.86. The molecule has 15 heteroatoms. The van der Waals surface area contributed by atoms with Crippen molar-refractivity contribution >= 4 is 20.0 Å². The number of halogens is 6. The van der Waals surface area contributed by atoms with E-state index in [0.717, 1.165) is 10.5 Å². The number of hydrogen-bond donors (Lipinski definition) is 1. The van der Waals surface area contributed by atoms with Gasteiger partial charge in [0.2, 0.25) is 0 Å². The minimum Gasteiger partial charge on any atom is -0.421 e. The van der Waals surface area contributed by atoms with Gasteiger partial charge in [-0.15, -0.1) is 0 Å². The summed E-state index contributed by atoms with van der Waals surface area (Å²) in [4.78, 5) is 0. The molecule has 0 radical (unpaired) electrons. The van der Waals surface area contributed by atoms with E-state index in [1.54, 1.807) is 7.11 Å². The second-order valence-corrected chi connectivity index (χ2v) is 8.40. The maximum atomic E-state index is 11.4. The minimum absolute atomic E-state index is 0.113. The van der Waals surface area contributed by atoms with Gasteiger partial charge in [-0.1, -0.05) is 20.8 Å². The zero-order valence-electron chi connectivity index (χ0n) is 13.1. The molecule has 0 aromatic carbocycles. The SMILES string of the molecule is CCC(C)(C)C([NH3+])OC.O=S(=O)([N-]S(=O)(=O)C(F)(F)F)C(F)(F)F. The molecule has 1 unspecified atom stereocenters. The average molecular weight is 412 g/mol. The fourth-order valence-corrected chi connectivity index (χ4v) is 2.47. The molecule has 0 aliphatic carbocycles. The molecule has 0 aliphatic rings. The summed E-state index contributed by atoms with van der Waals surface area (Å²) in [6.45, 7) is 6.47. The highest BCUT2D eigenvalue weighted by Gasteiger charge is 2.46. The summed E-state index contributed by atoms with van der Waals surface area (Å²) in [5, 5.41) is 0. The van der Waals surface area contributed by atoms with Gasteiger partial charge in [-0.25, -0.2) is 16.8 Å². The van der Waals surface area contributed by atoms with Gasteiger partial charge >= 0.3 is 11.0 Å². The van der Waals surface area contributed by atoms with Crippen molar-refractivity contribution < 1.29 is 53.6 Å². The first kappa shape index (κ1) is 25.6. The van der Waals surface area contributed by atoms with Crippen molar-refractivity contribution in [2.24, 2.45) is 5.41 Å². The zero-order valence-corrected chi connectivity index (χ0v) is 14.7. The van der Waals surface area contributed by atoms with Crippen LogP contribution in [0.4, 0.5) is 26.3 Å². The van der Waals surface area contributed by atoms with Crippen LogP contribution in [0.2, 0.25) is 0 Å². The summed E-state index contributed by atoms with van der Waals surface area (Å²) >= 11 is 0. The maximum Gasteiger partial charge on any atom is 0.480 e. The van der Waals surface area contributed by atoms with Gasteiger partial charge in [0.15, 0.2) is 26.3 Å². The third kappa shape index (κ3) is 7.50. The molecule has 0 saturated heterocycles. The molecule has 0 spiro atoms. The van der Waals surface area contributed by atoms with Crippen LogP contribution < -0.4 is 5.73 Å². The Morgan fingerprint density at radius 1 is 0.958 bits per heavy atom. The normalized spacial score (nSPS) is 15.5. The molecule has 3 N–H and O–H groups in total. The number of hydrogen-bond acceptors (Lipinski definition) is 5. The van der Waals surface area contributed by atoms with Gasteiger partial charge in [0.25, 0.3) is 0 Å². The van der Waals surface area contributed by atoms with Crippen molar-refractivity contribution in [3.05, 3.63) is 4.13 Å². The van der Waals surface area contributed by atoms with E-state index in [9.17, 15) is 43.2 Å². The lowest BCUT2D eigenvalue weighted by Crippen LogP contribution is -2.68. The zero-order chi connectivity index (χ0) is 20.2. The Labute approximate surface area is 135 Å².